The molecule has 3 rings (SSSR count). The molecule has 0 saturated heterocycles. The number of anilines is 1. The van der Waals surface area contributed by atoms with E-state index < -0.39 is 0 Å². The van der Waals surface area contributed by atoms with E-state index in [1.165, 1.54) is 11.3 Å². The van der Waals surface area contributed by atoms with Crippen LogP contribution in [0, 0.1) is 0 Å². The number of nitrogens with one attached hydrogen (secondary N) is 2. The molecule has 0 aliphatic carbocycles. The lowest BCUT2D eigenvalue weighted by Gasteiger charge is -2.06. The molecule has 2 aromatic carbocycles. The predicted octanol–water partition coefficient (Wildman–Crippen LogP) is 4.19. The Labute approximate surface area is 144 Å². The molecule has 0 aliphatic rings. The number of thiocarbonyl (C=S) groups is 1. The van der Waals surface area contributed by atoms with Crippen molar-refractivity contribution in [3.05, 3.63) is 58.6 Å². The van der Waals surface area contributed by atoms with Crippen LogP contribution in [0.25, 0.3) is 10.2 Å². The summed E-state index contributed by atoms with van der Waals surface area (Å²) in [5, 5.41) is 6.46. The molecule has 0 fully saturated rings. The van der Waals surface area contributed by atoms with Gasteiger partial charge in [-0.15, -0.1) is 0 Å². The van der Waals surface area contributed by atoms with Crippen molar-refractivity contribution in [3.8, 4) is 0 Å². The van der Waals surface area contributed by atoms with Crippen LogP contribution in [0.1, 0.15) is 10.4 Å². The van der Waals surface area contributed by atoms with E-state index in [4.69, 9.17) is 12.2 Å². The number of rotatable bonds is 2. The average molecular weight is 392 g/mol. The molecule has 1 aromatic heterocycles. The summed E-state index contributed by atoms with van der Waals surface area (Å²) < 4.78 is 2.01. The van der Waals surface area contributed by atoms with Crippen LogP contribution in [0.2, 0.25) is 0 Å². The first-order chi connectivity index (χ1) is 10.6. The summed E-state index contributed by atoms with van der Waals surface area (Å²) in [7, 11) is 0. The van der Waals surface area contributed by atoms with Crippen molar-refractivity contribution < 1.29 is 4.79 Å². The maximum Gasteiger partial charge on any atom is 0.257 e. The van der Waals surface area contributed by atoms with Crippen LogP contribution in [-0.2, 0) is 0 Å². The lowest BCUT2D eigenvalue weighted by Crippen LogP contribution is -2.34. The molecule has 0 aliphatic heterocycles. The van der Waals surface area contributed by atoms with Gasteiger partial charge in [0.2, 0.25) is 0 Å². The van der Waals surface area contributed by atoms with Crippen molar-refractivity contribution in [2.45, 2.75) is 0 Å². The Morgan fingerprint density at radius 3 is 2.73 bits per heavy atom. The highest BCUT2D eigenvalue weighted by Crippen LogP contribution is 2.28. The highest BCUT2D eigenvalue weighted by atomic mass is 79.9. The van der Waals surface area contributed by atoms with Gasteiger partial charge in [-0.25, -0.2) is 4.98 Å². The van der Waals surface area contributed by atoms with Gasteiger partial charge in [0.25, 0.3) is 5.91 Å². The number of halogens is 1. The molecule has 3 aromatic rings. The number of aromatic nitrogens is 1. The van der Waals surface area contributed by atoms with Crippen molar-refractivity contribution >= 4 is 65.9 Å². The highest BCUT2D eigenvalue weighted by molar-refractivity contribution is 9.10. The van der Waals surface area contributed by atoms with Gasteiger partial charge in [0.05, 0.1) is 10.2 Å². The molecule has 0 atom stereocenters. The molecule has 0 saturated carbocycles. The summed E-state index contributed by atoms with van der Waals surface area (Å²) in [6.07, 6.45) is 0. The van der Waals surface area contributed by atoms with Crippen LogP contribution in [-0.4, -0.2) is 16.0 Å². The zero-order chi connectivity index (χ0) is 15.5. The molecular weight excluding hydrogens is 382 g/mol. The summed E-state index contributed by atoms with van der Waals surface area (Å²) >= 11 is 10.0. The molecule has 2 N–H and O–H groups in total. The lowest BCUT2D eigenvalue weighted by molar-refractivity contribution is 0.0978. The molecule has 1 amide bonds. The maximum absolute atomic E-state index is 12.0. The Bertz CT molecular complexity index is 848. The number of carbonyl (C=O) groups excluding carboxylic acids is 1. The van der Waals surface area contributed by atoms with Gasteiger partial charge in [0.15, 0.2) is 10.2 Å². The van der Waals surface area contributed by atoms with Gasteiger partial charge < -0.3 is 5.32 Å². The van der Waals surface area contributed by atoms with Crippen LogP contribution >= 0.6 is 39.5 Å². The quantitative estimate of drug-likeness (QED) is 0.643. The first-order valence-electron chi connectivity index (χ1n) is 6.35. The van der Waals surface area contributed by atoms with E-state index in [1.54, 1.807) is 24.3 Å². The molecule has 0 unspecified atom stereocenters. The molecular formula is C15H10BrN3OS2. The van der Waals surface area contributed by atoms with Crippen LogP contribution < -0.4 is 10.6 Å². The van der Waals surface area contributed by atoms with E-state index in [2.05, 4.69) is 31.5 Å². The van der Waals surface area contributed by atoms with Gasteiger partial charge in [-0.1, -0.05) is 45.5 Å². The normalized spacial score (nSPS) is 10.4. The number of fused-ring (bicyclic) bond motifs is 1. The van der Waals surface area contributed by atoms with E-state index in [1.807, 2.05) is 24.3 Å². The number of amides is 1. The number of hydrogen-bond donors (Lipinski definition) is 2. The number of hydrogen-bond acceptors (Lipinski definition) is 4. The SMILES string of the molecule is O=C(NC(=S)Nc1nc2cc(Br)ccc2s1)c1ccccc1. The van der Waals surface area contributed by atoms with Gasteiger partial charge in [-0.05, 0) is 42.5 Å². The summed E-state index contributed by atoms with van der Waals surface area (Å²) in [6.45, 7) is 0. The second-order valence-corrected chi connectivity index (χ2v) is 6.76. The third-order valence-corrected chi connectivity index (χ3v) is 4.48. The smallest absolute Gasteiger partial charge is 0.257 e. The topological polar surface area (TPSA) is 54.0 Å². The summed E-state index contributed by atoms with van der Waals surface area (Å²) in [5.41, 5.74) is 1.43. The van der Waals surface area contributed by atoms with Crippen LogP contribution in [0.3, 0.4) is 0 Å². The monoisotopic (exact) mass is 391 g/mol. The molecule has 7 heteroatoms. The highest BCUT2D eigenvalue weighted by Gasteiger charge is 2.09. The summed E-state index contributed by atoms with van der Waals surface area (Å²) in [6, 6.07) is 14.8. The van der Waals surface area contributed by atoms with Gasteiger partial charge in [0.1, 0.15) is 0 Å². The third-order valence-electron chi connectivity index (χ3n) is 2.83. The minimum Gasteiger partial charge on any atom is -0.308 e. The minimum absolute atomic E-state index is 0.229. The number of carbonyl (C=O) groups is 1. The van der Waals surface area contributed by atoms with Gasteiger partial charge >= 0.3 is 0 Å². The first-order valence-corrected chi connectivity index (χ1v) is 8.37. The Kier molecular flexibility index (Phi) is 4.47. The van der Waals surface area contributed by atoms with E-state index in [0.717, 1.165) is 14.7 Å². The maximum atomic E-state index is 12.0. The zero-order valence-electron chi connectivity index (χ0n) is 11.2. The van der Waals surface area contributed by atoms with Gasteiger partial charge in [-0.3, -0.25) is 10.1 Å². The van der Waals surface area contributed by atoms with Crippen LogP contribution in [0.15, 0.2) is 53.0 Å². The predicted molar refractivity (Wildman–Crippen MR) is 97.4 cm³/mol. The van der Waals surface area contributed by atoms with E-state index in [9.17, 15) is 4.79 Å². The van der Waals surface area contributed by atoms with Gasteiger partial charge in [0, 0.05) is 10.0 Å². The molecule has 0 radical (unpaired) electrons. The number of nitrogens with zero attached hydrogens (tertiary/aromatic N) is 1. The van der Waals surface area contributed by atoms with Crippen LogP contribution in [0.4, 0.5) is 5.13 Å². The van der Waals surface area contributed by atoms with E-state index in [0.29, 0.717) is 10.7 Å². The molecule has 110 valence electrons. The number of benzene rings is 2. The second-order valence-electron chi connectivity index (χ2n) is 4.41. The second kappa shape index (κ2) is 6.51. The lowest BCUT2D eigenvalue weighted by atomic mass is 10.2. The molecule has 0 spiro atoms. The van der Waals surface area contributed by atoms with Crippen molar-refractivity contribution in [3.63, 3.8) is 0 Å². The molecule has 4 nitrogen and oxygen atoms in total. The fraction of sp³-hybridized carbons (Fsp3) is 0. The Balaban J connectivity index is 1.69. The minimum atomic E-state index is -0.248. The van der Waals surface area contributed by atoms with Crippen molar-refractivity contribution in [1.29, 1.82) is 0 Å². The summed E-state index contributed by atoms with van der Waals surface area (Å²) in [5.74, 6) is -0.248. The molecule has 1 heterocycles. The molecule has 0 bridgehead atoms. The van der Waals surface area contributed by atoms with E-state index in [-0.39, 0.29) is 11.0 Å². The zero-order valence-corrected chi connectivity index (χ0v) is 14.4. The number of thiazole rings is 1. The van der Waals surface area contributed by atoms with Crippen molar-refractivity contribution in [1.82, 2.24) is 10.3 Å². The van der Waals surface area contributed by atoms with Crippen molar-refractivity contribution in [2.75, 3.05) is 5.32 Å². The standard InChI is InChI=1S/C15H10BrN3OS2/c16-10-6-7-12-11(8-10)17-15(22-12)19-14(21)18-13(20)9-4-2-1-3-5-9/h1-8H,(H2,17,18,19,20,21). The molecule has 22 heavy (non-hydrogen) atoms. The van der Waals surface area contributed by atoms with Crippen LogP contribution in [0.5, 0.6) is 0 Å². The van der Waals surface area contributed by atoms with Crippen molar-refractivity contribution in [2.24, 2.45) is 0 Å². The summed E-state index contributed by atoms with van der Waals surface area (Å²) in [4.78, 5) is 16.4. The Morgan fingerprint density at radius 2 is 1.95 bits per heavy atom. The fourth-order valence-electron chi connectivity index (χ4n) is 1.85. The largest absolute Gasteiger partial charge is 0.308 e. The third kappa shape index (κ3) is 3.49. The Hall–Kier alpha value is -1.83. The fourth-order valence-corrected chi connectivity index (χ4v) is 3.30. The van der Waals surface area contributed by atoms with Gasteiger partial charge in [-0.2, -0.15) is 0 Å². The van der Waals surface area contributed by atoms with E-state index >= 15 is 0 Å². The Morgan fingerprint density at radius 1 is 1.18 bits per heavy atom. The first kappa shape index (κ1) is 15.1. The average Bonchev–Trinajstić information content (AvgIpc) is 2.89.